The van der Waals surface area contributed by atoms with Gasteiger partial charge in [-0.25, -0.2) is 0 Å². The summed E-state index contributed by atoms with van der Waals surface area (Å²) in [6.07, 6.45) is 0. The Morgan fingerprint density at radius 3 is 2.75 bits per heavy atom. The van der Waals surface area contributed by atoms with Crippen molar-refractivity contribution in [2.75, 3.05) is 11.5 Å². The summed E-state index contributed by atoms with van der Waals surface area (Å²) < 4.78 is 11.7. The van der Waals surface area contributed by atoms with Crippen LogP contribution >= 0.6 is 0 Å². The van der Waals surface area contributed by atoms with Crippen LogP contribution in [0.3, 0.4) is 0 Å². The van der Waals surface area contributed by atoms with Crippen molar-refractivity contribution >= 4 is 10.8 Å². The third kappa shape index (κ3) is 2.53. The smallest absolute Gasteiger partial charge is 0.0441 e. The van der Waals surface area contributed by atoms with Gasteiger partial charge in [0.1, 0.15) is 0 Å². The lowest BCUT2D eigenvalue weighted by Crippen LogP contribution is -2.43. The molecule has 0 amide bonds. The zero-order chi connectivity index (χ0) is 11.7. The zero-order valence-corrected chi connectivity index (χ0v) is 10.9. The average Bonchev–Trinajstić information content (AvgIpc) is 2.20. The molecule has 0 saturated carbocycles. The minimum absolute atomic E-state index is 0.254. The molecule has 3 heteroatoms. The molecule has 3 unspecified atom stereocenters. The van der Waals surface area contributed by atoms with E-state index < -0.39 is 10.8 Å². The normalized spacial score (nSPS) is 30.3. The maximum absolute atomic E-state index is 11.7. The lowest BCUT2D eigenvalue weighted by Gasteiger charge is -2.29. The third-order valence-electron chi connectivity index (χ3n) is 3.08. The minimum Gasteiger partial charge on any atom is -0.306 e. The van der Waals surface area contributed by atoms with E-state index in [4.69, 9.17) is 0 Å². The highest BCUT2D eigenvalue weighted by molar-refractivity contribution is 7.85. The average molecular weight is 237 g/mol. The predicted octanol–water partition coefficient (Wildman–Crippen LogP) is 2.08. The summed E-state index contributed by atoms with van der Waals surface area (Å²) in [6, 6.07) is 7.09. The molecule has 0 radical (unpaired) electrons. The first-order valence-electron chi connectivity index (χ1n) is 5.74. The van der Waals surface area contributed by atoms with Crippen LogP contribution in [0, 0.1) is 13.8 Å². The maximum atomic E-state index is 11.7. The van der Waals surface area contributed by atoms with Crippen molar-refractivity contribution in [1.82, 2.24) is 5.32 Å². The first-order chi connectivity index (χ1) is 7.56. The summed E-state index contributed by atoms with van der Waals surface area (Å²) in [4.78, 5) is 0. The first kappa shape index (κ1) is 11.8. The van der Waals surface area contributed by atoms with Gasteiger partial charge in [0, 0.05) is 34.4 Å². The number of hydrogen-bond donors (Lipinski definition) is 1. The van der Waals surface area contributed by atoms with E-state index in [1.54, 1.807) is 0 Å². The quantitative estimate of drug-likeness (QED) is 0.810. The minimum atomic E-state index is -0.678. The molecule has 0 spiro atoms. The number of aryl methyl sites for hydroxylation is 2. The summed E-state index contributed by atoms with van der Waals surface area (Å²) in [5.74, 6) is 1.52. The molecule has 1 aromatic rings. The van der Waals surface area contributed by atoms with Crippen molar-refractivity contribution in [2.45, 2.75) is 32.9 Å². The van der Waals surface area contributed by atoms with Crippen LogP contribution in [0.1, 0.15) is 29.7 Å². The molecule has 0 bridgehead atoms. The Morgan fingerprint density at radius 1 is 1.31 bits per heavy atom. The molecule has 88 valence electrons. The van der Waals surface area contributed by atoms with Gasteiger partial charge in [-0.15, -0.1) is 0 Å². The molecule has 1 aliphatic heterocycles. The standard InChI is InChI=1S/C13H19NOS/c1-9-4-5-10(2)12(6-9)13-8-16(15)7-11(3)14-13/h4-6,11,13-14H,7-8H2,1-3H3. The van der Waals surface area contributed by atoms with Crippen molar-refractivity contribution in [1.29, 1.82) is 0 Å². The van der Waals surface area contributed by atoms with Crippen molar-refractivity contribution < 1.29 is 4.21 Å². The molecule has 1 N–H and O–H groups in total. The number of hydrogen-bond acceptors (Lipinski definition) is 2. The Bertz CT molecular complexity index is 416. The van der Waals surface area contributed by atoms with E-state index in [2.05, 4.69) is 44.3 Å². The fraction of sp³-hybridized carbons (Fsp3) is 0.538. The van der Waals surface area contributed by atoms with Crippen LogP contribution < -0.4 is 5.32 Å². The van der Waals surface area contributed by atoms with Crippen molar-refractivity contribution in [3.8, 4) is 0 Å². The molecule has 3 atom stereocenters. The molecule has 16 heavy (non-hydrogen) atoms. The van der Waals surface area contributed by atoms with Crippen LogP contribution in [0.2, 0.25) is 0 Å². The van der Waals surface area contributed by atoms with Gasteiger partial charge in [-0.3, -0.25) is 4.21 Å². The molecule has 1 aliphatic rings. The summed E-state index contributed by atoms with van der Waals surface area (Å²) >= 11 is 0. The van der Waals surface area contributed by atoms with Gasteiger partial charge in [0.05, 0.1) is 0 Å². The summed E-state index contributed by atoms with van der Waals surface area (Å²) in [5, 5.41) is 3.54. The molecular formula is C13H19NOS. The van der Waals surface area contributed by atoms with E-state index >= 15 is 0 Å². The van der Waals surface area contributed by atoms with Crippen molar-refractivity contribution in [2.24, 2.45) is 0 Å². The van der Waals surface area contributed by atoms with E-state index in [1.807, 2.05) is 0 Å². The topological polar surface area (TPSA) is 29.1 Å². The van der Waals surface area contributed by atoms with Crippen LogP contribution in [0.25, 0.3) is 0 Å². The first-order valence-corrected chi connectivity index (χ1v) is 7.23. The van der Waals surface area contributed by atoms with Gasteiger partial charge in [0.2, 0.25) is 0 Å². The molecule has 0 aliphatic carbocycles. The van der Waals surface area contributed by atoms with Crippen LogP contribution in [0.15, 0.2) is 18.2 Å². The highest BCUT2D eigenvalue weighted by Gasteiger charge is 2.24. The van der Waals surface area contributed by atoms with Gasteiger partial charge < -0.3 is 5.32 Å². The predicted molar refractivity (Wildman–Crippen MR) is 69.1 cm³/mol. The SMILES string of the molecule is Cc1ccc(C)c(C2CS(=O)CC(C)N2)c1. The summed E-state index contributed by atoms with van der Waals surface area (Å²) in [5.41, 5.74) is 3.86. The van der Waals surface area contributed by atoms with E-state index in [0.717, 1.165) is 11.5 Å². The monoisotopic (exact) mass is 237 g/mol. The molecule has 2 rings (SSSR count). The van der Waals surface area contributed by atoms with E-state index in [9.17, 15) is 4.21 Å². The number of nitrogens with one attached hydrogen (secondary N) is 1. The second-order valence-electron chi connectivity index (χ2n) is 4.75. The Labute approximate surface area is 99.9 Å². The van der Waals surface area contributed by atoms with Crippen LogP contribution in [-0.2, 0) is 10.8 Å². The fourth-order valence-corrected chi connectivity index (χ4v) is 3.72. The van der Waals surface area contributed by atoms with E-state index in [1.165, 1.54) is 16.7 Å². The van der Waals surface area contributed by atoms with E-state index in [0.29, 0.717) is 6.04 Å². The second-order valence-corrected chi connectivity index (χ2v) is 6.30. The van der Waals surface area contributed by atoms with Crippen LogP contribution in [-0.4, -0.2) is 21.8 Å². The lowest BCUT2D eigenvalue weighted by atomic mass is 9.99. The van der Waals surface area contributed by atoms with Gasteiger partial charge in [-0.05, 0) is 31.9 Å². The molecule has 2 nitrogen and oxygen atoms in total. The maximum Gasteiger partial charge on any atom is 0.0441 e. The summed E-state index contributed by atoms with van der Waals surface area (Å²) in [6.45, 7) is 6.33. The lowest BCUT2D eigenvalue weighted by molar-refractivity contribution is 0.488. The van der Waals surface area contributed by atoms with Gasteiger partial charge in [-0.2, -0.15) is 0 Å². The molecule has 0 aromatic heterocycles. The number of benzene rings is 1. The highest BCUT2D eigenvalue weighted by atomic mass is 32.2. The Kier molecular flexibility index (Phi) is 3.45. The van der Waals surface area contributed by atoms with Gasteiger partial charge in [-0.1, -0.05) is 23.8 Å². The largest absolute Gasteiger partial charge is 0.306 e. The van der Waals surface area contributed by atoms with E-state index in [-0.39, 0.29) is 6.04 Å². The fourth-order valence-electron chi connectivity index (χ4n) is 2.29. The Balaban J connectivity index is 2.29. The zero-order valence-electron chi connectivity index (χ0n) is 10.1. The van der Waals surface area contributed by atoms with Gasteiger partial charge in [0.25, 0.3) is 0 Å². The molecular weight excluding hydrogens is 218 g/mol. The summed E-state index contributed by atoms with van der Waals surface area (Å²) in [7, 11) is -0.678. The molecule has 1 saturated heterocycles. The van der Waals surface area contributed by atoms with Gasteiger partial charge in [0.15, 0.2) is 0 Å². The number of rotatable bonds is 1. The van der Waals surface area contributed by atoms with Crippen LogP contribution in [0.5, 0.6) is 0 Å². The van der Waals surface area contributed by atoms with Gasteiger partial charge >= 0.3 is 0 Å². The Morgan fingerprint density at radius 2 is 2.06 bits per heavy atom. The van der Waals surface area contributed by atoms with Crippen LogP contribution in [0.4, 0.5) is 0 Å². The molecule has 1 heterocycles. The Hall–Kier alpha value is -0.670. The third-order valence-corrected chi connectivity index (χ3v) is 4.66. The highest BCUT2D eigenvalue weighted by Crippen LogP contribution is 2.23. The second kappa shape index (κ2) is 4.68. The van der Waals surface area contributed by atoms with Crippen molar-refractivity contribution in [3.63, 3.8) is 0 Å². The van der Waals surface area contributed by atoms with Crippen molar-refractivity contribution in [3.05, 3.63) is 34.9 Å². The molecule has 1 fully saturated rings. The molecule has 1 aromatic carbocycles.